The van der Waals surface area contributed by atoms with Gasteiger partial charge in [-0.15, -0.1) is 0 Å². The van der Waals surface area contributed by atoms with Crippen LogP contribution in [-0.4, -0.2) is 37.9 Å². The highest BCUT2D eigenvalue weighted by molar-refractivity contribution is 5.70. The summed E-state index contributed by atoms with van der Waals surface area (Å²) in [6.07, 6.45) is 63.0. The molecule has 5 heteroatoms. The minimum absolute atomic E-state index is 0.0635. The molecule has 0 saturated carbocycles. The molecule has 0 aromatic heterocycles. The number of rotatable bonds is 43. The summed E-state index contributed by atoms with van der Waals surface area (Å²) in [5.74, 6) is -0.439. The molecule has 0 fully saturated rings. The van der Waals surface area contributed by atoms with E-state index in [0.717, 1.165) is 103 Å². The van der Waals surface area contributed by atoms with Crippen molar-refractivity contribution < 1.29 is 23.8 Å². The molecule has 0 rings (SSSR count). The van der Waals surface area contributed by atoms with E-state index in [0.29, 0.717) is 19.4 Å². The summed E-state index contributed by atoms with van der Waals surface area (Å²) in [4.78, 5) is 25.2. The van der Waals surface area contributed by atoms with Gasteiger partial charge in [0.2, 0.25) is 0 Å². The summed E-state index contributed by atoms with van der Waals surface area (Å²) in [6, 6.07) is 0. The number of esters is 2. The first kappa shape index (κ1) is 55.1. The maximum atomic E-state index is 12.7. The lowest BCUT2D eigenvalue weighted by molar-refractivity contribution is -0.163. The van der Waals surface area contributed by atoms with Gasteiger partial charge in [0.1, 0.15) is 6.61 Å². The predicted octanol–water partition coefficient (Wildman–Crippen LogP) is 16.1. The second-order valence-electron chi connectivity index (χ2n) is 15.6. The molecule has 0 radical (unpaired) electrons. The molecule has 0 aromatic carbocycles. The van der Waals surface area contributed by atoms with E-state index in [-0.39, 0.29) is 25.2 Å². The van der Waals surface area contributed by atoms with E-state index in [1.165, 1.54) is 77.0 Å². The fourth-order valence-electron chi connectivity index (χ4n) is 6.26. The van der Waals surface area contributed by atoms with Gasteiger partial charge in [-0.3, -0.25) is 9.59 Å². The number of carbonyl (C=O) groups excluding carboxylic acids is 2. The average molecular weight is 807 g/mol. The van der Waals surface area contributed by atoms with Crippen LogP contribution in [0.5, 0.6) is 0 Å². The highest BCUT2D eigenvalue weighted by Gasteiger charge is 2.17. The second kappa shape index (κ2) is 48.4. The van der Waals surface area contributed by atoms with Crippen LogP contribution in [0.4, 0.5) is 0 Å². The Balaban J connectivity index is 4.30. The van der Waals surface area contributed by atoms with Gasteiger partial charge in [-0.25, -0.2) is 0 Å². The molecule has 0 spiro atoms. The minimum atomic E-state index is -0.559. The van der Waals surface area contributed by atoms with Crippen molar-refractivity contribution >= 4 is 11.9 Å². The van der Waals surface area contributed by atoms with Gasteiger partial charge in [0.15, 0.2) is 6.10 Å². The van der Waals surface area contributed by atoms with Gasteiger partial charge < -0.3 is 14.2 Å². The Bertz CT molecular complexity index is 1090. The van der Waals surface area contributed by atoms with Crippen molar-refractivity contribution in [3.05, 3.63) is 85.1 Å². The smallest absolute Gasteiger partial charge is 0.306 e. The van der Waals surface area contributed by atoms with Crippen LogP contribution in [0.2, 0.25) is 0 Å². The molecular weight excluding hydrogens is 717 g/mol. The zero-order valence-corrected chi connectivity index (χ0v) is 38.0. The predicted molar refractivity (Wildman–Crippen MR) is 251 cm³/mol. The number of allylic oxidation sites excluding steroid dienone is 14. The van der Waals surface area contributed by atoms with Crippen LogP contribution in [0, 0.1) is 0 Å². The molecule has 0 aliphatic heterocycles. The molecule has 0 amide bonds. The molecule has 58 heavy (non-hydrogen) atoms. The number of hydrogen-bond acceptors (Lipinski definition) is 5. The van der Waals surface area contributed by atoms with E-state index in [9.17, 15) is 9.59 Å². The standard InChI is InChI=1S/C53H90O5/c1-4-7-10-13-16-19-22-23-24-25-26-27-28-29-30-33-36-39-42-45-48-56-49-51(58-53(55)47-44-41-38-35-32-21-18-15-12-9-6-3)50-57-52(54)46-43-40-37-34-31-20-17-14-11-8-5-2/h7,10,14-19,23-24,26-27,29-30,51H,4-6,8-9,11-13,20-22,25,28,31-50H2,1-3H3/b10-7-,17-14-,18-15-,19-16-,24-23-,27-26-,30-29-. The Morgan fingerprint density at radius 2 is 0.776 bits per heavy atom. The first-order valence-electron chi connectivity index (χ1n) is 24.1. The van der Waals surface area contributed by atoms with Crippen LogP contribution in [-0.2, 0) is 23.8 Å². The van der Waals surface area contributed by atoms with Crippen LogP contribution in [0.3, 0.4) is 0 Å². The fourth-order valence-corrected chi connectivity index (χ4v) is 6.26. The van der Waals surface area contributed by atoms with Gasteiger partial charge in [-0.1, -0.05) is 183 Å². The molecule has 1 unspecified atom stereocenters. The zero-order valence-electron chi connectivity index (χ0n) is 38.0. The van der Waals surface area contributed by atoms with E-state index in [4.69, 9.17) is 14.2 Å². The van der Waals surface area contributed by atoms with Gasteiger partial charge in [-0.2, -0.15) is 0 Å². The second-order valence-corrected chi connectivity index (χ2v) is 15.6. The van der Waals surface area contributed by atoms with E-state index in [1.807, 2.05) is 0 Å². The molecule has 0 bridgehead atoms. The molecule has 0 saturated heterocycles. The van der Waals surface area contributed by atoms with Crippen LogP contribution in [0.15, 0.2) is 85.1 Å². The van der Waals surface area contributed by atoms with Crippen molar-refractivity contribution in [2.75, 3.05) is 19.8 Å². The lowest BCUT2D eigenvalue weighted by Crippen LogP contribution is -2.30. The summed E-state index contributed by atoms with van der Waals surface area (Å²) < 4.78 is 17.3. The largest absolute Gasteiger partial charge is 0.462 e. The van der Waals surface area contributed by atoms with Gasteiger partial charge in [0.05, 0.1) is 6.61 Å². The molecule has 0 heterocycles. The summed E-state index contributed by atoms with van der Waals surface area (Å²) in [5, 5.41) is 0. The van der Waals surface area contributed by atoms with Crippen molar-refractivity contribution in [2.45, 2.75) is 219 Å². The first-order valence-corrected chi connectivity index (χ1v) is 24.1. The number of ether oxygens (including phenoxy) is 3. The van der Waals surface area contributed by atoms with Gasteiger partial charge in [0.25, 0.3) is 0 Å². The number of unbranched alkanes of at least 4 members (excludes halogenated alkanes) is 18. The Labute approximate surface area is 359 Å². The Hall–Kier alpha value is -2.92. The lowest BCUT2D eigenvalue weighted by atomic mass is 10.1. The van der Waals surface area contributed by atoms with Crippen molar-refractivity contribution in [2.24, 2.45) is 0 Å². The van der Waals surface area contributed by atoms with E-state index in [2.05, 4.69) is 106 Å². The molecule has 0 aliphatic carbocycles. The summed E-state index contributed by atoms with van der Waals surface area (Å²) in [6.45, 7) is 7.56. The molecule has 0 aromatic rings. The third kappa shape index (κ3) is 45.8. The monoisotopic (exact) mass is 807 g/mol. The summed E-state index contributed by atoms with van der Waals surface area (Å²) >= 11 is 0. The van der Waals surface area contributed by atoms with Crippen LogP contribution in [0.1, 0.15) is 213 Å². The van der Waals surface area contributed by atoms with Crippen LogP contribution in [0.25, 0.3) is 0 Å². The lowest BCUT2D eigenvalue weighted by Gasteiger charge is -2.18. The molecular formula is C53H90O5. The fraction of sp³-hybridized carbons (Fsp3) is 0.698. The third-order valence-electron chi connectivity index (χ3n) is 9.88. The van der Waals surface area contributed by atoms with Gasteiger partial charge in [0, 0.05) is 19.4 Å². The van der Waals surface area contributed by atoms with Crippen LogP contribution >= 0.6 is 0 Å². The SMILES string of the molecule is CC/C=C\C/C=C\C/C=C\C/C=C\C/C=C\CCCCCCOCC(COC(=O)CCCCCCC/C=C\CCCC)OC(=O)CCCCCCC/C=C\CCCC. The highest BCUT2D eigenvalue weighted by atomic mass is 16.6. The highest BCUT2D eigenvalue weighted by Crippen LogP contribution is 2.12. The van der Waals surface area contributed by atoms with Crippen LogP contribution < -0.4 is 0 Å². The topological polar surface area (TPSA) is 61.8 Å². The molecule has 5 nitrogen and oxygen atoms in total. The molecule has 0 aliphatic rings. The molecule has 1 atom stereocenters. The maximum absolute atomic E-state index is 12.7. The van der Waals surface area contributed by atoms with E-state index >= 15 is 0 Å². The average Bonchev–Trinajstić information content (AvgIpc) is 3.22. The number of carbonyl (C=O) groups is 2. The normalized spacial score (nSPS) is 12.9. The van der Waals surface area contributed by atoms with Crippen molar-refractivity contribution in [3.8, 4) is 0 Å². The Morgan fingerprint density at radius 3 is 1.26 bits per heavy atom. The molecule has 0 N–H and O–H groups in total. The Morgan fingerprint density at radius 1 is 0.397 bits per heavy atom. The maximum Gasteiger partial charge on any atom is 0.306 e. The van der Waals surface area contributed by atoms with E-state index < -0.39 is 6.10 Å². The van der Waals surface area contributed by atoms with Crippen molar-refractivity contribution in [1.29, 1.82) is 0 Å². The zero-order chi connectivity index (χ0) is 42.1. The van der Waals surface area contributed by atoms with Crippen molar-refractivity contribution in [1.82, 2.24) is 0 Å². The number of hydrogen-bond donors (Lipinski definition) is 0. The minimum Gasteiger partial charge on any atom is -0.462 e. The van der Waals surface area contributed by atoms with Crippen molar-refractivity contribution in [3.63, 3.8) is 0 Å². The molecule has 332 valence electrons. The quantitative estimate of drug-likeness (QED) is 0.0349. The first-order chi connectivity index (χ1) is 28.6. The summed E-state index contributed by atoms with van der Waals surface area (Å²) in [5.41, 5.74) is 0. The Kier molecular flexibility index (Phi) is 46.0. The van der Waals surface area contributed by atoms with Gasteiger partial charge >= 0.3 is 11.9 Å². The van der Waals surface area contributed by atoms with E-state index in [1.54, 1.807) is 0 Å². The third-order valence-corrected chi connectivity index (χ3v) is 9.88. The summed E-state index contributed by atoms with van der Waals surface area (Å²) in [7, 11) is 0. The van der Waals surface area contributed by atoms with Gasteiger partial charge in [-0.05, 0) is 103 Å².